The fraction of sp³-hybridized carbons (Fsp3) is 0.292. The van der Waals surface area contributed by atoms with Crippen LogP contribution in [0, 0.1) is 34.6 Å². The second-order valence-electron chi connectivity index (χ2n) is 38.2. The highest BCUT2D eigenvalue weighted by molar-refractivity contribution is 7.19. The van der Waals surface area contributed by atoms with Crippen LogP contribution < -0.4 is 47.5 Å². The van der Waals surface area contributed by atoms with E-state index in [9.17, 15) is 24.0 Å². The van der Waals surface area contributed by atoms with Gasteiger partial charge < -0.3 is 24.6 Å². The molecule has 2 fully saturated rings. The quantitative estimate of drug-likeness (QED) is 0.0997. The number of benzene rings is 4. The number of fused-ring (bicyclic) bond motifs is 9. The number of hydrogen-bond acceptors (Lipinski definition) is 27. The number of pyridine rings is 4. The average molecular weight is 2000 g/mol. The standard InChI is InChI=1S/C24H22N4OS.C24H24N4OS.C23H22N4OS.C22H25N7O.C20H20N4O3/c1-15-25-20-6-2-17(12-22(20)30-15)21-13-24(29)28-14-18(3-7-23(28)26-21)16-8-10-27(11-9-16)19-4-5-19;1-15(2)27-10-8-17(9-11-27)19-5-7-23-26-21(13-24(29)28(23)14-19)18-4-6-20-22(12-18)30-16(3)25-20;1-3-26-10-8-16(9-11-26)18-5-7-22-25-20(13-23(28)27(22)14-18)17-4-6-19-21(12-17)29-15(2)24-19;1-14-11-29-20(16(3)23-14)9-19(25-29)18-10-22(30)28-13-17(5-6-21(28)24-18)27-8-7-26(4)15(2)12-27;1-26-17-5-3-14(11-18(17)27-2)16-12-20(25)24-19(22-16)6-4-15(23-24)13-7-9-21-10-8-13/h2-3,6-8,12-14,19H,4-5,9-11H2,1H3;4-8,12-15H,9-11H2,1-3H3;4-8,12-14H,3,9-11H2,1-2H3;5-6,9-11,13,15H,7-8,12H2,1-4H3;3-7,11-12,21H,8-10H2,1-2H3/t;;;15-;/m...1./s1. The molecule has 0 bridgehead atoms. The normalized spacial score (nSPS) is 16.0. The Hall–Kier alpha value is -14.9. The van der Waals surface area contributed by atoms with Gasteiger partial charge in [0.25, 0.3) is 27.8 Å². The van der Waals surface area contributed by atoms with Crippen molar-refractivity contribution in [2.45, 2.75) is 119 Å². The summed E-state index contributed by atoms with van der Waals surface area (Å²) in [5.41, 5.74) is 26.1. The van der Waals surface area contributed by atoms with Crippen molar-refractivity contribution in [1.82, 2.24) is 107 Å². The highest BCUT2D eigenvalue weighted by Gasteiger charge is 2.31. The molecule has 1 saturated carbocycles. The van der Waals surface area contributed by atoms with E-state index >= 15 is 0 Å². The van der Waals surface area contributed by atoms with Crippen LogP contribution in [0.5, 0.6) is 11.5 Å². The number of piperazine rings is 1. The molecule has 25 rings (SSSR count). The molecule has 0 amide bonds. The molecular formula is C113H113N23O7S3. The fourth-order valence-electron chi connectivity index (χ4n) is 19.6. The molecule has 4 aromatic carbocycles. The monoisotopic (exact) mass is 2000 g/mol. The van der Waals surface area contributed by atoms with Gasteiger partial charge in [-0.25, -0.2) is 44.4 Å². The molecule has 15 aromatic heterocycles. The first-order valence-corrected chi connectivity index (χ1v) is 52.1. The number of anilines is 1. The molecular weight excluding hydrogens is 1890 g/mol. The van der Waals surface area contributed by atoms with Gasteiger partial charge in [0, 0.05) is 161 Å². The predicted molar refractivity (Wildman–Crippen MR) is 586 cm³/mol. The molecule has 0 unspecified atom stereocenters. The fourth-order valence-corrected chi connectivity index (χ4v) is 22.2. The zero-order valence-electron chi connectivity index (χ0n) is 83.7. The maximum atomic E-state index is 12.9. The summed E-state index contributed by atoms with van der Waals surface area (Å²) in [5, 5.41) is 15.5. The third-order valence-electron chi connectivity index (χ3n) is 28.1. The summed E-state index contributed by atoms with van der Waals surface area (Å²) in [6, 6.07) is 55.1. The first-order chi connectivity index (χ1) is 70.8. The van der Waals surface area contributed by atoms with Crippen LogP contribution in [-0.4, -0.2) is 219 Å². The van der Waals surface area contributed by atoms with Crippen LogP contribution in [-0.2, 0) is 0 Å². The van der Waals surface area contributed by atoms with Crippen molar-refractivity contribution in [2.24, 2.45) is 0 Å². The van der Waals surface area contributed by atoms with Gasteiger partial charge >= 0.3 is 0 Å². The Labute approximate surface area is 854 Å². The maximum Gasteiger partial charge on any atom is 0.275 e. The number of methoxy groups -OCH3 is 2. The molecule has 33 heteroatoms. The summed E-state index contributed by atoms with van der Waals surface area (Å²) < 4.78 is 23.7. The molecule has 20 heterocycles. The van der Waals surface area contributed by atoms with Crippen LogP contribution >= 0.6 is 34.0 Å². The Bertz CT molecular complexity index is 8590. The van der Waals surface area contributed by atoms with Gasteiger partial charge in [0.1, 0.15) is 28.3 Å². The topological polar surface area (TPSA) is 300 Å². The van der Waals surface area contributed by atoms with Crippen LogP contribution in [0.1, 0.15) is 115 Å². The minimum atomic E-state index is -0.221. The molecule has 6 aliphatic rings. The van der Waals surface area contributed by atoms with E-state index in [1.54, 1.807) is 107 Å². The van der Waals surface area contributed by atoms with E-state index in [0.29, 0.717) is 86.0 Å². The van der Waals surface area contributed by atoms with E-state index in [1.165, 1.54) is 40.1 Å². The number of thiazole rings is 3. The summed E-state index contributed by atoms with van der Waals surface area (Å²) in [4.78, 5) is 118. The van der Waals surface area contributed by atoms with Gasteiger partial charge in [-0.2, -0.15) is 14.7 Å². The van der Waals surface area contributed by atoms with Crippen molar-refractivity contribution >= 4 is 126 Å². The molecule has 5 aliphatic heterocycles. The Morgan fingerprint density at radius 3 is 1.38 bits per heavy atom. The van der Waals surface area contributed by atoms with Gasteiger partial charge in [0.05, 0.1) is 123 Å². The van der Waals surface area contributed by atoms with Gasteiger partial charge in [-0.15, -0.1) is 34.0 Å². The molecule has 0 spiro atoms. The number of likely N-dealkylation sites (N-methyl/N-ethyl adjacent to an activating group) is 2. The Morgan fingerprint density at radius 1 is 0.418 bits per heavy atom. The van der Waals surface area contributed by atoms with Gasteiger partial charge in [-0.1, -0.05) is 49.4 Å². The number of nitrogens with one attached hydrogen (secondary N) is 1. The van der Waals surface area contributed by atoms with Crippen molar-refractivity contribution in [3.8, 4) is 67.9 Å². The van der Waals surface area contributed by atoms with Crippen molar-refractivity contribution < 1.29 is 9.47 Å². The molecule has 1 N–H and O–H groups in total. The molecule has 0 radical (unpaired) electrons. The van der Waals surface area contributed by atoms with Crippen LogP contribution in [0.15, 0.2) is 249 Å². The number of ether oxygens (including phenoxy) is 2. The van der Waals surface area contributed by atoms with E-state index in [2.05, 4.69) is 160 Å². The number of aryl methyl sites for hydroxylation is 5. The number of nitrogens with zero attached hydrogens (tertiary/aromatic N) is 22. The smallest absolute Gasteiger partial charge is 0.275 e. The van der Waals surface area contributed by atoms with Crippen molar-refractivity contribution in [2.75, 3.05) is 105 Å². The maximum absolute atomic E-state index is 12.9. The Morgan fingerprint density at radius 2 is 0.897 bits per heavy atom. The lowest BCUT2D eigenvalue weighted by Gasteiger charge is -2.39. The molecule has 30 nitrogen and oxygen atoms in total. The van der Waals surface area contributed by atoms with E-state index in [-0.39, 0.29) is 27.8 Å². The summed E-state index contributed by atoms with van der Waals surface area (Å²) >= 11 is 4.97. The largest absolute Gasteiger partial charge is 0.493 e. The molecule has 146 heavy (non-hydrogen) atoms. The lowest BCUT2D eigenvalue weighted by Crippen LogP contribution is -2.50. The molecule has 740 valence electrons. The lowest BCUT2D eigenvalue weighted by atomic mass is 10.0. The van der Waals surface area contributed by atoms with Gasteiger partial charge in [-0.05, 0) is 274 Å². The Kier molecular flexibility index (Phi) is 27.7. The van der Waals surface area contributed by atoms with Gasteiger partial charge in [0.15, 0.2) is 17.1 Å². The first kappa shape index (κ1) is 97.2. The minimum Gasteiger partial charge on any atom is -0.493 e. The minimum absolute atomic E-state index is 0.0477. The first-order valence-electron chi connectivity index (χ1n) is 49.7. The van der Waals surface area contributed by atoms with Crippen LogP contribution in [0.4, 0.5) is 5.69 Å². The van der Waals surface area contributed by atoms with Crippen molar-refractivity contribution in [3.63, 3.8) is 0 Å². The van der Waals surface area contributed by atoms with E-state index in [4.69, 9.17) is 29.4 Å². The summed E-state index contributed by atoms with van der Waals surface area (Å²) in [7, 11) is 5.31. The Balaban J connectivity index is 0.000000107. The highest BCUT2D eigenvalue weighted by atomic mass is 32.1. The third kappa shape index (κ3) is 20.9. The SMILES string of the molecule is CCN1CC=C(c2ccc3nc(-c4ccc5nc(C)sc5c4)cc(=O)n3c2)CC1.COc1ccc(-c2cc(=O)n3nc(C4=CCNCC4)ccc3n2)cc1OC.Cc1cn2nc(-c3cc(=O)n4cc(N5CCN(C)[C@H](C)C5)ccc4n3)cc2c(C)n1.Cc1nc2ccc(-c3cc(=O)n4cc(C5=CCN(C(C)C)CC5)ccc4n3)cc2s1.Cc1nc2ccc(-c3cc(=O)n4cc(C5=CCN(C6CC6)CC5)ccc4n3)cc2s1. The third-order valence-corrected chi connectivity index (χ3v) is 30.9. The van der Waals surface area contributed by atoms with E-state index in [0.717, 1.165) is 229 Å². The average Bonchev–Trinajstić information content (AvgIpc) is 1.44. The van der Waals surface area contributed by atoms with Crippen LogP contribution in [0.25, 0.3) is 143 Å². The predicted octanol–water partition coefficient (Wildman–Crippen LogP) is 18.0. The summed E-state index contributed by atoms with van der Waals surface area (Å²) in [6.45, 7) is 30.6. The van der Waals surface area contributed by atoms with Crippen molar-refractivity contribution in [3.05, 3.63) is 326 Å². The number of aromatic nitrogens is 17. The molecule has 1 atom stereocenters. The summed E-state index contributed by atoms with van der Waals surface area (Å²) in [5.74, 6) is 1.21. The van der Waals surface area contributed by atoms with Gasteiger partial charge in [-0.3, -0.25) is 61.3 Å². The lowest BCUT2D eigenvalue weighted by molar-refractivity contribution is 0.234. The number of rotatable bonds is 15. The van der Waals surface area contributed by atoms with Crippen LogP contribution in [0.2, 0.25) is 0 Å². The number of hydrogen-bond donors (Lipinski definition) is 1. The van der Waals surface area contributed by atoms with E-state index in [1.807, 2.05) is 157 Å². The van der Waals surface area contributed by atoms with E-state index < -0.39 is 0 Å². The summed E-state index contributed by atoms with van der Waals surface area (Å²) in [6.07, 6.45) is 25.2. The molecule has 1 saturated heterocycles. The van der Waals surface area contributed by atoms with Crippen LogP contribution in [0.3, 0.4) is 0 Å². The molecule has 1 aliphatic carbocycles. The van der Waals surface area contributed by atoms with Crippen molar-refractivity contribution in [1.29, 1.82) is 0 Å². The zero-order chi connectivity index (χ0) is 101. The molecule has 19 aromatic rings. The van der Waals surface area contributed by atoms with Gasteiger partial charge in [0.2, 0.25) is 0 Å². The second-order valence-corrected chi connectivity index (χ2v) is 41.9. The second kappa shape index (κ2) is 41.7. The zero-order valence-corrected chi connectivity index (χ0v) is 86.2. The highest BCUT2D eigenvalue weighted by Crippen LogP contribution is 2.38.